The summed E-state index contributed by atoms with van der Waals surface area (Å²) in [4.78, 5) is 20.8. The maximum Gasteiger partial charge on any atom is 0.272 e. The number of aromatic nitrogens is 1. The Labute approximate surface area is 119 Å². The monoisotopic (exact) mass is 277 g/mol. The van der Waals surface area contributed by atoms with Gasteiger partial charge in [0.25, 0.3) is 5.91 Å². The molecule has 0 atom stereocenters. The lowest BCUT2D eigenvalue weighted by molar-refractivity contribution is 0.0618. The summed E-state index contributed by atoms with van der Waals surface area (Å²) < 4.78 is 0. The third-order valence-corrected chi connectivity index (χ3v) is 3.43. The molecular formula is C14H23N5O. The molecular weight excluding hydrogens is 254 g/mol. The number of anilines is 1. The van der Waals surface area contributed by atoms with Crippen LogP contribution in [-0.4, -0.2) is 53.4 Å². The Morgan fingerprint density at radius 2 is 2.10 bits per heavy atom. The Balaban J connectivity index is 1.94. The van der Waals surface area contributed by atoms with Gasteiger partial charge in [0, 0.05) is 38.9 Å². The number of piperazine rings is 1. The van der Waals surface area contributed by atoms with Gasteiger partial charge in [0.1, 0.15) is 5.69 Å². The van der Waals surface area contributed by atoms with Crippen LogP contribution in [0.3, 0.4) is 0 Å². The summed E-state index contributed by atoms with van der Waals surface area (Å²) in [6.45, 7) is 8.89. The predicted molar refractivity (Wildman–Crippen MR) is 79.2 cm³/mol. The van der Waals surface area contributed by atoms with E-state index in [-0.39, 0.29) is 5.91 Å². The highest BCUT2D eigenvalue weighted by atomic mass is 16.2. The number of hydrazine groups is 1. The molecule has 0 aliphatic carbocycles. The highest BCUT2D eigenvalue weighted by Crippen LogP contribution is 2.11. The van der Waals surface area contributed by atoms with Crippen LogP contribution in [0.5, 0.6) is 0 Å². The van der Waals surface area contributed by atoms with Gasteiger partial charge in [0.2, 0.25) is 0 Å². The van der Waals surface area contributed by atoms with E-state index in [2.05, 4.69) is 29.2 Å². The van der Waals surface area contributed by atoms with E-state index in [1.165, 1.54) is 0 Å². The summed E-state index contributed by atoms with van der Waals surface area (Å²) in [6, 6.07) is 3.42. The molecule has 1 aromatic heterocycles. The lowest BCUT2D eigenvalue weighted by atomic mass is 10.2. The highest BCUT2D eigenvalue weighted by Gasteiger charge is 2.23. The van der Waals surface area contributed by atoms with Gasteiger partial charge < -0.3 is 10.3 Å². The molecule has 6 nitrogen and oxygen atoms in total. The first-order chi connectivity index (χ1) is 9.60. The number of nitrogens with two attached hydrogens (primary N) is 1. The van der Waals surface area contributed by atoms with Crippen LogP contribution in [0.25, 0.3) is 0 Å². The van der Waals surface area contributed by atoms with E-state index in [0.717, 1.165) is 32.7 Å². The van der Waals surface area contributed by atoms with Crippen LogP contribution in [-0.2, 0) is 0 Å². The first kappa shape index (κ1) is 14.7. The molecule has 3 N–H and O–H groups in total. The van der Waals surface area contributed by atoms with Gasteiger partial charge in [0.15, 0.2) is 0 Å². The number of hydrogen-bond acceptors (Lipinski definition) is 5. The number of hydrogen-bond donors (Lipinski definition) is 2. The van der Waals surface area contributed by atoms with Gasteiger partial charge in [-0.3, -0.25) is 20.5 Å². The molecule has 110 valence electrons. The first-order valence-corrected chi connectivity index (χ1v) is 7.04. The summed E-state index contributed by atoms with van der Waals surface area (Å²) in [5, 5.41) is 0. The molecule has 1 aromatic rings. The second-order valence-corrected chi connectivity index (χ2v) is 5.56. The summed E-state index contributed by atoms with van der Waals surface area (Å²) >= 11 is 0. The number of carbonyl (C=O) groups is 1. The van der Waals surface area contributed by atoms with Gasteiger partial charge in [-0.15, -0.1) is 0 Å². The molecule has 0 aromatic carbocycles. The van der Waals surface area contributed by atoms with Crippen molar-refractivity contribution in [1.82, 2.24) is 14.8 Å². The Kier molecular flexibility index (Phi) is 4.92. The fraction of sp³-hybridized carbons (Fsp3) is 0.571. The number of nitrogen functional groups attached to an aromatic ring is 1. The fourth-order valence-corrected chi connectivity index (χ4v) is 2.45. The Bertz CT molecular complexity index is 455. The second-order valence-electron chi connectivity index (χ2n) is 5.56. The molecule has 2 rings (SSSR count). The van der Waals surface area contributed by atoms with Gasteiger partial charge in [-0.05, 0) is 18.1 Å². The third kappa shape index (κ3) is 3.68. The standard InChI is InChI=1S/C14H23N5O/c1-11(2)10-18-5-7-19(8-6-18)14(20)13-9-12(17-15)3-4-16-13/h3-4,9,11H,5-8,10,15H2,1-2H3,(H,16,17). The number of pyridine rings is 1. The molecule has 1 saturated heterocycles. The molecule has 2 heterocycles. The second kappa shape index (κ2) is 6.67. The molecule has 1 aliphatic rings. The maximum atomic E-state index is 12.4. The SMILES string of the molecule is CC(C)CN1CCN(C(=O)c2cc(NN)ccn2)CC1. The summed E-state index contributed by atoms with van der Waals surface area (Å²) in [5.74, 6) is 5.99. The van der Waals surface area contributed by atoms with Crippen LogP contribution in [0.2, 0.25) is 0 Å². The average molecular weight is 277 g/mol. The quantitative estimate of drug-likeness (QED) is 0.628. The topological polar surface area (TPSA) is 74.5 Å². The minimum absolute atomic E-state index is 0.0219. The van der Waals surface area contributed by atoms with Crippen molar-refractivity contribution in [3.8, 4) is 0 Å². The van der Waals surface area contributed by atoms with E-state index >= 15 is 0 Å². The lowest BCUT2D eigenvalue weighted by Crippen LogP contribution is -2.49. The molecule has 0 radical (unpaired) electrons. The third-order valence-electron chi connectivity index (χ3n) is 3.43. The molecule has 6 heteroatoms. The zero-order valence-corrected chi connectivity index (χ0v) is 12.2. The van der Waals surface area contributed by atoms with Crippen LogP contribution >= 0.6 is 0 Å². The Hall–Kier alpha value is -1.66. The molecule has 1 amide bonds. The zero-order chi connectivity index (χ0) is 14.5. The van der Waals surface area contributed by atoms with E-state index in [9.17, 15) is 4.79 Å². The fourth-order valence-electron chi connectivity index (χ4n) is 2.45. The molecule has 0 saturated carbocycles. The van der Waals surface area contributed by atoms with Crippen LogP contribution in [0.4, 0.5) is 5.69 Å². The highest BCUT2D eigenvalue weighted by molar-refractivity contribution is 5.93. The Morgan fingerprint density at radius 3 is 2.70 bits per heavy atom. The summed E-state index contributed by atoms with van der Waals surface area (Å²) in [7, 11) is 0. The van der Waals surface area contributed by atoms with E-state index in [0.29, 0.717) is 17.3 Å². The molecule has 20 heavy (non-hydrogen) atoms. The van der Waals surface area contributed by atoms with Crippen LogP contribution in [0.1, 0.15) is 24.3 Å². The molecule has 0 unspecified atom stereocenters. The van der Waals surface area contributed by atoms with Crippen molar-refractivity contribution in [3.63, 3.8) is 0 Å². The van der Waals surface area contributed by atoms with E-state index < -0.39 is 0 Å². The number of carbonyl (C=O) groups excluding carboxylic acids is 1. The van der Waals surface area contributed by atoms with Gasteiger partial charge in [0.05, 0.1) is 5.69 Å². The van der Waals surface area contributed by atoms with Crippen LogP contribution in [0, 0.1) is 5.92 Å². The number of nitrogens with one attached hydrogen (secondary N) is 1. The van der Waals surface area contributed by atoms with Gasteiger partial charge in [-0.25, -0.2) is 0 Å². The zero-order valence-electron chi connectivity index (χ0n) is 12.2. The van der Waals surface area contributed by atoms with Crippen LogP contribution < -0.4 is 11.3 Å². The Morgan fingerprint density at radius 1 is 1.40 bits per heavy atom. The molecule has 1 aliphatic heterocycles. The van der Waals surface area contributed by atoms with Crippen molar-refractivity contribution >= 4 is 11.6 Å². The number of nitrogens with zero attached hydrogens (tertiary/aromatic N) is 3. The number of rotatable bonds is 4. The van der Waals surface area contributed by atoms with Gasteiger partial charge in [-0.2, -0.15) is 0 Å². The summed E-state index contributed by atoms with van der Waals surface area (Å²) in [5.41, 5.74) is 3.67. The largest absolute Gasteiger partial charge is 0.335 e. The molecule has 1 fully saturated rings. The normalized spacial score (nSPS) is 16.5. The van der Waals surface area contributed by atoms with Crippen molar-refractivity contribution < 1.29 is 4.79 Å². The average Bonchev–Trinajstić information content (AvgIpc) is 2.47. The van der Waals surface area contributed by atoms with Crippen molar-refractivity contribution in [2.75, 3.05) is 38.1 Å². The van der Waals surface area contributed by atoms with Crippen molar-refractivity contribution in [1.29, 1.82) is 0 Å². The lowest BCUT2D eigenvalue weighted by Gasteiger charge is -2.35. The smallest absolute Gasteiger partial charge is 0.272 e. The minimum atomic E-state index is -0.0219. The predicted octanol–water partition coefficient (Wildman–Crippen LogP) is 0.781. The van der Waals surface area contributed by atoms with E-state index in [4.69, 9.17) is 5.84 Å². The van der Waals surface area contributed by atoms with Crippen LogP contribution in [0.15, 0.2) is 18.3 Å². The summed E-state index contributed by atoms with van der Waals surface area (Å²) in [6.07, 6.45) is 1.59. The van der Waals surface area contributed by atoms with Gasteiger partial charge >= 0.3 is 0 Å². The molecule has 0 bridgehead atoms. The molecule has 0 spiro atoms. The first-order valence-electron chi connectivity index (χ1n) is 7.04. The number of amides is 1. The van der Waals surface area contributed by atoms with E-state index in [1.807, 2.05) is 4.90 Å². The van der Waals surface area contributed by atoms with Gasteiger partial charge in [-0.1, -0.05) is 13.8 Å². The van der Waals surface area contributed by atoms with Crippen molar-refractivity contribution in [2.45, 2.75) is 13.8 Å². The minimum Gasteiger partial charge on any atom is -0.335 e. The van der Waals surface area contributed by atoms with E-state index in [1.54, 1.807) is 18.3 Å². The maximum absolute atomic E-state index is 12.4. The van der Waals surface area contributed by atoms with Crippen molar-refractivity contribution in [2.24, 2.45) is 11.8 Å². The van der Waals surface area contributed by atoms with Crippen molar-refractivity contribution in [3.05, 3.63) is 24.0 Å².